The Morgan fingerprint density at radius 2 is 1.80 bits per heavy atom. The quantitative estimate of drug-likeness (QED) is 0.737. The number of carbonyl (C=O) groups excluding carboxylic acids is 1. The highest BCUT2D eigenvalue weighted by Gasteiger charge is 2.23. The smallest absolute Gasteiger partial charge is 0.277 e. The predicted molar refractivity (Wildman–Crippen MR) is 96.9 cm³/mol. The largest absolute Gasteiger partial charge is 0.337 e. The van der Waals surface area contributed by atoms with Gasteiger partial charge in [-0.3, -0.25) is 9.59 Å². The van der Waals surface area contributed by atoms with Gasteiger partial charge < -0.3 is 9.47 Å². The Hall–Kier alpha value is -2.63. The molecule has 1 aliphatic heterocycles. The maximum atomic E-state index is 13.0. The first-order valence-electron chi connectivity index (χ1n) is 8.87. The summed E-state index contributed by atoms with van der Waals surface area (Å²) >= 11 is 0. The first-order valence-corrected chi connectivity index (χ1v) is 8.87. The zero-order valence-corrected chi connectivity index (χ0v) is 14.6. The molecule has 3 aromatic rings. The van der Waals surface area contributed by atoms with Gasteiger partial charge in [-0.05, 0) is 30.9 Å². The summed E-state index contributed by atoms with van der Waals surface area (Å²) < 4.78 is 3.42. The summed E-state index contributed by atoms with van der Waals surface area (Å²) in [5.74, 6) is 0.261. The Bertz CT molecular complexity index is 1010. The molecule has 6 heteroatoms. The summed E-state index contributed by atoms with van der Waals surface area (Å²) in [6.07, 6.45) is 2.06. The van der Waals surface area contributed by atoms with Crippen molar-refractivity contribution < 1.29 is 4.79 Å². The van der Waals surface area contributed by atoms with Gasteiger partial charge in [0.05, 0.1) is 11.0 Å². The highest BCUT2D eigenvalue weighted by Crippen LogP contribution is 2.18. The van der Waals surface area contributed by atoms with E-state index >= 15 is 0 Å². The van der Waals surface area contributed by atoms with Gasteiger partial charge >= 0.3 is 0 Å². The van der Waals surface area contributed by atoms with Crippen LogP contribution in [-0.2, 0) is 6.54 Å². The van der Waals surface area contributed by atoms with E-state index in [0.717, 1.165) is 37.0 Å². The molecule has 2 aromatic heterocycles. The second kappa shape index (κ2) is 6.02. The van der Waals surface area contributed by atoms with E-state index in [1.165, 1.54) is 0 Å². The molecule has 0 spiro atoms. The fourth-order valence-corrected chi connectivity index (χ4v) is 3.57. The van der Waals surface area contributed by atoms with Gasteiger partial charge in [0.1, 0.15) is 5.52 Å². The molecule has 0 bridgehead atoms. The second-order valence-electron chi connectivity index (χ2n) is 7.12. The Labute approximate surface area is 145 Å². The van der Waals surface area contributed by atoms with Crippen LogP contribution in [0.4, 0.5) is 0 Å². The number of hydrogen-bond acceptors (Lipinski definition) is 3. The number of aromatic nitrogens is 3. The molecule has 0 aliphatic carbocycles. The molecule has 1 saturated heterocycles. The number of rotatable bonds is 3. The highest BCUT2D eigenvalue weighted by molar-refractivity contribution is 5.94. The molecule has 1 fully saturated rings. The maximum Gasteiger partial charge on any atom is 0.277 e. The molecule has 0 N–H and O–H groups in total. The second-order valence-corrected chi connectivity index (χ2v) is 7.12. The summed E-state index contributed by atoms with van der Waals surface area (Å²) in [5, 5.41) is 4.48. The molecule has 1 aliphatic rings. The molecule has 0 unspecified atom stereocenters. The van der Waals surface area contributed by atoms with Crippen LogP contribution >= 0.6 is 0 Å². The van der Waals surface area contributed by atoms with Gasteiger partial charge in [-0.25, -0.2) is 4.52 Å². The Morgan fingerprint density at radius 1 is 1.12 bits per heavy atom. The number of hydrogen-bond donors (Lipinski definition) is 0. The van der Waals surface area contributed by atoms with Gasteiger partial charge in [-0.15, -0.1) is 0 Å². The highest BCUT2D eigenvalue weighted by atomic mass is 16.2. The Balaban J connectivity index is 1.94. The molecule has 1 aromatic carbocycles. The minimum Gasteiger partial charge on any atom is -0.337 e. The summed E-state index contributed by atoms with van der Waals surface area (Å²) in [6.45, 7) is 6.35. The molecular weight excluding hydrogens is 316 g/mol. The van der Waals surface area contributed by atoms with Crippen molar-refractivity contribution in [3.05, 3.63) is 46.4 Å². The van der Waals surface area contributed by atoms with Gasteiger partial charge in [0.25, 0.3) is 11.5 Å². The van der Waals surface area contributed by atoms with Crippen LogP contribution in [0.5, 0.6) is 0 Å². The summed E-state index contributed by atoms with van der Waals surface area (Å²) in [5.41, 5.74) is 2.41. The number of benzene rings is 1. The Kier molecular flexibility index (Phi) is 3.82. The number of likely N-dealkylation sites (tertiary alicyclic amines) is 1. The van der Waals surface area contributed by atoms with Crippen molar-refractivity contribution in [3.8, 4) is 0 Å². The SMILES string of the molecule is CC(C)Cn1c(=O)c2cc(C(=O)N3CCCC3)nn2c2ccccc21. The van der Waals surface area contributed by atoms with Crippen molar-refractivity contribution in [1.82, 2.24) is 19.1 Å². The van der Waals surface area contributed by atoms with Crippen LogP contribution in [0.15, 0.2) is 35.1 Å². The number of carbonyl (C=O) groups is 1. The third kappa shape index (κ3) is 2.62. The molecule has 0 radical (unpaired) electrons. The third-order valence-corrected chi connectivity index (χ3v) is 4.73. The average Bonchev–Trinajstić information content (AvgIpc) is 3.27. The van der Waals surface area contributed by atoms with E-state index in [4.69, 9.17) is 0 Å². The van der Waals surface area contributed by atoms with E-state index in [0.29, 0.717) is 23.7 Å². The monoisotopic (exact) mass is 338 g/mol. The summed E-state index contributed by atoms with van der Waals surface area (Å²) in [6, 6.07) is 9.37. The van der Waals surface area contributed by atoms with E-state index in [9.17, 15) is 9.59 Å². The zero-order valence-electron chi connectivity index (χ0n) is 14.6. The van der Waals surface area contributed by atoms with E-state index in [1.807, 2.05) is 29.2 Å². The van der Waals surface area contributed by atoms with E-state index in [1.54, 1.807) is 15.1 Å². The fraction of sp³-hybridized carbons (Fsp3) is 0.421. The van der Waals surface area contributed by atoms with Gasteiger partial charge in [0, 0.05) is 25.7 Å². The lowest BCUT2D eigenvalue weighted by molar-refractivity contribution is 0.0787. The first kappa shape index (κ1) is 15.9. The van der Waals surface area contributed by atoms with Crippen LogP contribution in [0.2, 0.25) is 0 Å². The van der Waals surface area contributed by atoms with Crippen LogP contribution in [-0.4, -0.2) is 38.1 Å². The standard InChI is InChI=1S/C19H22N4O2/c1-13(2)12-22-15-7-3-4-8-16(15)23-17(19(22)25)11-14(20-23)18(24)21-9-5-6-10-21/h3-4,7-8,11,13H,5-6,9-10,12H2,1-2H3. The van der Waals surface area contributed by atoms with Gasteiger partial charge in [-0.1, -0.05) is 26.0 Å². The molecule has 6 nitrogen and oxygen atoms in total. The predicted octanol–water partition coefficient (Wildman–Crippen LogP) is 2.54. The van der Waals surface area contributed by atoms with Crippen molar-refractivity contribution in [2.24, 2.45) is 5.92 Å². The van der Waals surface area contributed by atoms with Crippen molar-refractivity contribution in [3.63, 3.8) is 0 Å². The number of amides is 1. The maximum absolute atomic E-state index is 13.0. The van der Waals surface area contributed by atoms with Crippen LogP contribution in [0.1, 0.15) is 37.2 Å². The summed E-state index contributed by atoms with van der Waals surface area (Å²) in [7, 11) is 0. The van der Waals surface area contributed by atoms with Gasteiger partial charge in [0.2, 0.25) is 0 Å². The van der Waals surface area contributed by atoms with Crippen LogP contribution in [0.3, 0.4) is 0 Å². The third-order valence-electron chi connectivity index (χ3n) is 4.73. The number of para-hydroxylation sites is 2. The van der Waals surface area contributed by atoms with Crippen LogP contribution in [0, 0.1) is 5.92 Å². The zero-order chi connectivity index (χ0) is 17.6. The van der Waals surface area contributed by atoms with E-state index in [2.05, 4.69) is 18.9 Å². The van der Waals surface area contributed by atoms with Crippen molar-refractivity contribution >= 4 is 22.5 Å². The van der Waals surface area contributed by atoms with Crippen molar-refractivity contribution in [2.75, 3.05) is 13.1 Å². The minimum absolute atomic E-state index is 0.0832. The van der Waals surface area contributed by atoms with E-state index in [-0.39, 0.29) is 11.5 Å². The average molecular weight is 338 g/mol. The molecule has 3 heterocycles. The molecule has 1 amide bonds. The van der Waals surface area contributed by atoms with Crippen molar-refractivity contribution in [2.45, 2.75) is 33.2 Å². The molecule has 0 saturated carbocycles. The van der Waals surface area contributed by atoms with Crippen molar-refractivity contribution in [1.29, 1.82) is 0 Å². The molecular formula is C19H22N4O2. The summed E-state index contributed by atoms with van der Waals surface area (Å²) in [4.78, 5) is 27.5. The topological polar surface area (TPSA) is 59.6 Å². The van der Waals surface area contributed by atoms with Crippen LogP contribution in [0.25, 0.3) is 16.6 Å². The van der Waals surface area contributed by atoms with Crippen LogP contribution < -0.4 is 5.56 Å². The molecule has 25 heavy (non-hydrogen) atoms. The van der Waals surface area contributed by atoms with E-state index < -0.39 is 0 Å². The first-order chi connectivity index (χ1) is 12.1. The fourth-order valence-electron chi connectivity index (χ4n) is 3.57. The van der Waals surface area contributed by atoms with Gasteiger partial charge in [-0.2, -0.15) is 5.10 Å². The normalized spacial score (nSPS) is 14.9. The lowest BCUT2D eigenvalue weighted by Gasteiger charge is -2.13. The van der Waals surface area contributed by atoms with Gasteiger partial charge in [0.15, 0.2) is 5.69 Å². The molecule has 130 valence electrons. The molecule has 0 atom stereocenters. The minimum atomic E-state index is -0.0969. The molecule has 4 rings (SSSR count). The lowest BCUT2D eigenvalue weighted by Crippen LogP contribution is -2.27. The Morgan fingerprint density at radius 3 is 2.48 bits per heavy atom. The number of fused-ring (bicyclic) bond motifs is 3. The number of nitrogens with zero attached hydrogens (tertiary/aromatic N) is 4. The lowest BCUT2D eigenvalue weighted by atomic mass is 10.2.